The number of nitrogens with zero attached hydrogens (tertiary/aromatic N) is 6. The Morgan fingerprint density at radius 2 is 2.00 bits per heavy atom. The highest BCUT2D eigenvalue weighted by Gasteiger charge is 2.21. The van der Waals surface area contributed by atoms with Crippen molar-refractivity contribution >= 4 is 29.9 Å². The Morgan fingerprint density at radius 3 is 2.65 bits per heavy atom. The lowest BCUT2D eigenvalue weighted by Gasteiger charge is -2.30. The summed E-state index contributed by atoms with van der Waals surface area (Å²) in [6.07, 6.45) is 4.99. The van der Waals surface area contributed by atoms with Crippen LogP contribution >= 0.6 is 24.0 Å². The largest absolute Gasteiger partial charge is 0.444 e. The summed E-state index contributed by atoms with van der Waals surface area (Å²) in [7, 11) is 0. The fraction of sp³-hybridized carbons (Fsp3) is 0.714. The van der Waals surface area contributed by atoms with Crippen LogP contribution in [0.4, 0.5) is 0 Å². The summed E-state index contributed by atoms with van der Waals surface area (Å²) in [5.74, 6) is 4.28. The van der Waals surface area contributed by atoms with Crippen LogP contribution in [-0.4, -0.2) is 63.3 Å². The van der Waals surface area contributed by atoms with Crippen molar-refractivity contribution in [2.45, 2.75) is 60.0 Å². The van der Waals surface area contributed by atoms with Gasteiger partial charge in [-0.1, -0.05) is 6.92 Å². The number of likely N-dealkylation sites (tertiary alicyclic amines) is 1. The lowest BCUT2D eigenvalue weighted by Crippen LogP contribution is -2.40. The van der Waals surface area contributed by atoms with E-state index in [0.29, 0.717) is 5.92 Å². The molecule has 0 atom stereocenters. The Bertz CT molecular complexity index is 791. The minimum atomic E-state index is 0. The number of hydrogen-bond donors (Lipinski definition) is 2. The Morgan fingerprint density at radius 1 is 1.23 bits per heavy atom. The van der Waals surface area contributed by atoms with E-state index in [1.807, 2.05) is 13.8 Å². The molecule has 0 saturated carbocycles. The van der Waals surface area contributed by atoms with Gasteiger partial charge in [0.1, 0.15) is 17.9 Å². The predicted octanol–water partition coefficient (Wildman–Crippen LogP) is 2.53. The normalized spacial score (nSPS) is 15.7. The maximum absolute atomic E-state index is 5.73. The summed E-state index contributed by atoms with van der Waals surface area (Å²) in [4.78, 5) is 11.8. The van der Waals surface area contributed by atoms with Crippen LogP contribution < -0.4 is 10.6 Å². The Hall–Kier alpha value is -1.69. The molecule has 0 aromatic carbocycles. The third-order valence-electron chi connectivity index (χ3n) is 5.65. The van der Waals surface area contributed by atoms with Gasteiger partial charge in [-0.25, -0.2) is 4.98 Å². The number of guanidine groups is 1. The molecule has 0 spiro atoms. The molecule has 3 rings (SSSR count). The molecule has 0 unspecified atom stereocenters. The predicted molar refractivity (Wildman–Crippen MR) is 133 cm³/mol. The first kappa shape index (κ1) is 25.6. The number of aliphatic imine (C=N–C) groups is 1. The molecule has 10 heteroatoms. The van der Waals surface area contributed by atoms with Crippen LogP contribution in [0.15, 0.2) is 15.7 Å². The van der Waals surface area contributed by atoms with Crippen molar-refractivity contribution < 1.29 is 4.42 Å². The minimum absolute atomic E-state index is 0. The summed E-state index contributed by atoms with van der Waals surface area (Å²) < 4.78 is 7.81. The molecule has 1 saturated heterocycles. The van der Waals surface area contributed by atoms with Gasteiger partial charge in [-0.05, 0) is 52.6 Å². The van der Waals surface area contributed by atoms with Gasteiger partial charge in [-0.2, -0.15) is 0 Å². The lowest BCUT2D eigenvalue weighted by atomic mass is 9.97. The van der Waals surface area contributed by atoms with Crippen molar-refractivity contribution in [1.82, 2.24) is 35.3 Å². The zero-order valence-corrected chi connectivity index (χ0v) is 21.6. The fourth-order valence-electron chi connectivity index (χ4n) is 3.72. The zero-order valence-electron chi connectivity index (χ0n) is 19.2. The highest BCUT2D eigenvalue weighted by atomic mass is 127. The van der Waals surface area contributed by atoms with Crippen molar-refractivity contribution in [2.24, 2.45) is 10.9 Å². The van der Waals surface area contributed by atoms with E-state index in [2.05, 4.69) is 49.1 Å². The second kappa shape index (κ2) is 13.0. The molecule has 3 heterocycles. The summed E-state index contributed by atoms with van der Waals surface area (Å²) in [5, 5.41) is 14.9. The van der Waals surface area contributed by atoms with Crippen LogP contribution in [-0.2, 0) is 19.5 Å². The number of piperidine rings is 1. The van der Waals surface area contributed by atoms with Gasteiger partial charge in [0.15, 0.2) is 5.96 Å². The number of hydrogen-bond acceptors (Lipinski definition) is 6. The van der Waals surface area contributed by atoms with Gasteiger partial charge >= 0.3 is 0 Å². The smallest absolute Gasteiger partial charge is 0.208 e. The average molecular weight is 544 g/mol. The summed E-state index contributed by atoms with van der Waals surface area (Å²) in [6, 6.07) is 0. The molecule has 0 radical (unpaired) electrons. The molecule has 0 bridgehead atoms. The van der Waals surface area contributed by atoms with E-state index >= 15 is 0 Å². The van der Waals surface area contributed by atoms with Gasteiger partial charge in [-0.3, -0.25) is 9.89 Å². The highest BCUT2D eigenvalue weighted by molar-refractivity contribution is 14.0. The first-order chi connectivity index (χ1) is 14.6. The van der Waals surface area contributed by atoms with Gasteiger partial charge in [0, 0.05) is 32.6 Å². The van der Waals surface area contributed by atoms with Crippen molar-refractivity contribution in [3.8, 4) is 0 Å². The monoisotopic (exact) mass is 544 g/mol. The number of oxazole rings is 1. The molecule has 0 amide bonds. The van der Waals surface area contributed by atoms with E-state index < -0.39 is 0 Å². The molecule has 2 aromatic heterocycles. The summed E-state index contributed by atoms with van der Waals surface area (Å²) >= 11 is 0. The molecule has 2 N–H and O–H groups in total. The molecular formula is C21H37IN8O. The molecule has 0 aliphatic carbocycles. The number of aromatic nitrogens is 4. The lowest BCUT2D eigenvalue weighted by molar-refractivity contribution is 0.166. The molecule has 9 nitrogen and oxygen atoms in total. The third-order valence-corrected chi connectivity index (χ3v) is 5.65. The van der Waals surface area contributed by atoms with E-state index in [-0.39, 0.29) is 24.0 Å². The van der Waals surface area contributed by atoms with E-state index in [1.165, 1.54) is 0 Å². The van der Waals surface area contributed by atoms with E-state index in [0.717, 1.165) is 94.2 Å². The third kappa shape index (κ3) is 7.74. The molecule has 1 fully saturated rings. The topological polar surface area (TPSA) is 96.4 Å². The fourth-order valence-corrected chi connectivity index (χ4v) is 3.72. The number of rotatable bonds is 9. The van der Waals surface area contributed by atoms with Crippen LogP contribution in [0.25, 0.3) is 0 Å². The number of halogens is 1. The Kier molecular flexibility index (Phi) is 10.7. The molecule has 174 valence electrons. The van der Waals surface area contributed by atoms with Crippen LogP contribution in [0.3, 0.4) is 0 Å². The summed E-state index contributed by atoms with van der Waals surface area (Å²) in [6.45, 7) is 14.4. The Labute approximate surface area is 202 Å². The summed E-state index contributed by atoms with van der Waals surface area (Å²) in [5.41, 5.74) is 0.993. The van der Waals surface area contributed by atoms with Crippen molar-refractivity contribution in [3.63, 3.8) is 0 Å². The zero-order chi connectivity index (χ0) is 21.3. The van der Waals surface area contributed by atoms with Gasteiger partial charge < -0.3 is 19.6 Å². The standard InChI is InChI=1S/C21H36N8O.HI/c1-5-19-27-25-15-29(19)12-9-23-21(22-6-2)24-13-18-7-10-28(11-8-18)14-20-26-16(3)17(4)30-20;/h15,18H,5-14H2,1-4H3,(H2,22,23,24);1H. The van der Waals surface area contributed by atoms with Gasteiger partial charge in [-0.15, -0.1) is 34.2 Å². The molecule has 1 aliphatic heterocycles. The Balaban J connectivity index is 0.00000341. The second-order valence-electron chi connectivity index (χ2n) is 7.91. The molecule has 31 heavy (non-hydrogen) atoms. The first-order valence-electron chi connectivity index (χ1n) is 11.1. The average Bonchev–Trinajstić information content (AvgIpc) is 3.32. The maximum Gasteiger partial charge on any atom is 0.208 e. The first-order valence-corrected chi connectivity index (χ1v) is 11.1. The second-order valence-corrected chi connectivity index (χ2v) is 7.91. The van der Waals surface area contributed by atoms with E-state index in [4.69, 9.17) is 9.41 Å². The van der Waals surface area contributed by atoms with Crippen LogP contribution in [0.1, 0.15) is 49.9 Å². The number of aryl methyl sites for hydroxylation is 3. The molecular weight excluding hydrogens is 507 g/mol. The molecule has 2 aromatic rings. The van der Waals surface area contributed by atoms with Crippen molar-refractivity contribution in [1.29, 1.82) is 0 Å². The van der Waals surface area contributed by atoms with E-state index in [9.17, 15) is 0 Å². The van der Waals surface area contributed by atoms with Gasteiger partial charge in [0.05, 0.1) is 12.2 Å². The van der Waals surface area contributed by atoms with Crippen molar-refractivity contribution in [3.05, 3.63) is 29.5 Å². The quantitative estimate of drug-likeness (QED) is 0.285. The van der Waals surface area contributed by atoms with Crippen LogP contribution in [0.5, 0.6) is 0 Å². The van der Waals surface area contributed by atoms with Crippen molar-refractivity contribution in [2.75, 3.05) is 32.7 Å². The highest BCUT2D eigenvalue weighted by Crippen LogP contribution is 2.20. The van der Waals surface area contributed by atoms with Crippen LogP contribution in [0.2, 0.25) is 0 Å². The van der Waals surface area contributed by atoms with E-state index in [1.54, 1.807) is 6.33 Å². The maximum atomic E-state index is 5.73. The minimum Gasteiger partial charge on any atom is -0.444 e. The van der Waals surface area contributed by atoms with Crippen LogP contribution in [0, 0.1) is 19.8 Å². The molecule has 1 aliphatic rings. The number of nitrogens with one attached hydrogen (secondary N) is 2. The SMILES string of the molecule is CCNC(=NCC1CCN(Cc2nc(C)c(C)o2)CC1)NCCn1cnnc1CC.I. The van der Waals surface area contributed by atoms with Gasteiger partial charge in [0.2, 0.25) is 5.89 Å². The van der Waals surface area contributed by atoms with Gasteiger partial charge in [0.25, 0.3) is 0 Å².